The highest BCUT2D eigenvalue weighted by molar-refractivity contribution is 9.10. The second kappa shape index (κ2) is 8.84. The van der Waals surface area contributed by atoms with Crippen molar-refractivity contribution in [1.29, 1.82) is 0 Å². The highest BCUT2D eigenvalue weighted by atomic mass is 79.9. The van der Waals surface area contributed by atoms with Gasteiger partial charge in [0.15, 0.2) is 0 Å². The Morgan fingerprint density at radius 1 is 1.00 bits per heavy atom. The molecule has 0 spiro atoms. The van der Waals surface area contributed by atoms with Crippen molar-refractivity contribution >= 4 is 33.4 Å². The largest absolute Gasteiger partial charge is 0.339 e. The van der Waals surface area contributed by atoms with E-state index in [9.17, 15) is 9.59 Å². The summed E-state index contributed by atoms with van der Waals surface area (Å²) in [5.41, 5.74) is 2.65. The van der Waals surface area contributed by atoms with Gasteiger partial charge in [-0.1, -0.05) is 0 Å². The van der Waals surface area contributed by atoms with Gasteiger partial charge in [-0.15, -0.1) is 0 Å². The third-order valence-corrected chi connectivity index (χ3v) is 4.79. The topological polar surface area (TPSA) is 67.2 Å². The van der Waals surface area contributed by atoms with Gasteiger partial charge < -0.3 is 10.2 Å². The van der Waals surface area contributed by atoms with E-state index in [4.69, 9.17) is 0 Å². The van der Waals surface area contributed by atoms with Crippen LogP contribution in [-0.2, 0) is 0 Å². The molecule has 144 valence electrons. The monoisotopic (exact) mass is 440 g/mol. The van der Waals surface area contributed by atoms with Crippen LogP contribution in [-0.4, -0.2) is 39.6 Å². The number of rotatable bonds is 6. The summed E-state index contributed by atoms with van der Waals surface area (Å²) >= 11 is 3.36. The van der Waals surface area contributed by atoms with Gasteiger partial charge in [-0.05, 0) is 78.3 Å². The summed E-state index contributed by atoms with van der Waals surface area (Å²) in [5, 5.41) is 7.06. The Morgan fingerprint density at radius 2 is 1.61 bits per heavy atom. The van der Waals surface area contributed by atoms with Crippen molar-refractivity contribution in [3.05, 3.63) is 76.5 Å². The quantitative estimate of drug-likeness (QED) is 0.618. The Kier molecular flexibility index (Phi) is 6.26. The first kappa shape index (κ1) is 19.8. The summed E-state index contributed by atoms with van der Waals surface area (Å²) in [7, 11) is 0. The van der Waals surface area contributed by atoms with E-state index in [2.05, 4.69) is 26.3 Å². The third-order valence-electron chi connectivity index (χ3n) is 4.39. The first-order chi connectivity index (χ1) is 13.5. The number of nitrogens with one attached hydrogen (secondary N) is 1. The van der Waals surface area contributed by atoms with E-state index in [0.29, 0.717) is 29.9 Å². The zero-order valence-corrected chi connectivity index (χ0v) is 17.3. The van der Waals surface area contributed by atoms with E-state index in [0.717, 1.165) is 10.2 Å². The second-order valence-electron chi connectivity index (χ2n) is 6.16. The predicted octanol–water partition coefficient (Wildman–Crippen LogP) is 4.37. The summed E-state index contributed by atoms with van der Waals surface area (Å²) in [4.78, 5) is 26.6. The molecule has 0 saturated carbocycles. The normalized spacial score (nSPS) is 10.5. The minimum atomic E-state index is -0.212. The van der Waals surface area contributed by atoms with Gasteiger partial charge in [-0.25, -0.2) is 4.68 Å². The average Bonchev–Trinajstić information content (AvgIpc) is 3.16. The van der Waals surface area contributed by atoms with Crippen LogP contribution in [0.15, 0.2) is 65.4 Å². The number of aromatic nitrogens is 2. The van der Waals surface area contributed by atoms with E-state index in [-0.39, 0.29) is 11.8 Å². The van der Waals surface area contributed by atoms with Crippen LogP contribution >= 0.6 is 15.9 Å². The van der Waals surface area contributed by atoms with Crippen molar-refractivity contribution in [2.75, 3.05) is 18.4 Å². The standard InChI is InChI=1S/C21H21BrN4O2/c1-3-25(4-2)21(28)16-5-9-18(10-6-16)24-20(27)15-7-11-19(12-8-15)26-14-17(22)13-23-26/h5-14H,3-4H2,1-2H3,(H,24,27). The lowest BCUT2D eigenvalue weighted by atomic mass is 10.1. The molecular formula is C21H21BrN4O2. The maximum atomic E-state index is 12.5. The molecule has 2 aromatic carbocycles. The van der Waals surface area contributed by atoms with Gasteiger partial charge in [0.1, 0.15) is 0 Å². The summed E-state index contributed by atoms with van der Waals surface area (Å²) in [6.45, 7) is 5.23. The Labute approximate surface area is 172 Å². The molecule has 0 unspecified atom stereocenters. The molecule has 28 heavy (non-hydrogen) atoms. The van der Waals surface area contributed by atoms with Gasteiger partial charge >= 0.3 is 0 Å². The lowest BCUT2D eigenvalue weighted by Crippen LogP contribution is -2.30. The van der Waals surface area contributed by atoms with Crippen LogP contribution < -0.4 is 5.32 Å². The first-order valence-corrected chi connectivity index (χ1v) is 9.82. The molecule has 1 aromatic heterocycles. The number of halogens is 1. The summed E-state index contributed by atoms with van der Waals surface area (Å²) in [6, 6.07) is 14.1. The molecule has 3 aromatic rings. The van der Waals surface area contributed by atoms with E-state index >= 15 is 0 Å². The lowest BCUT2D eigenvalue weighted by Gasteiger charge is -2.18. The molecule has 2 amide bonds. The van der Waals surface area contributed by atoms with Gasteiger partial charge in [-0.3, -0.25) is 9.59 Å². The highest BCUT2D eigenvalue weighted by Gasteiger charge is 2.13. The van der Waals surface area contributed by atoms with Crippen molar-refractivity contribution in [3.8, 4) is 5.69 Å². The summed E-state index contributed by atoms with van der Waals surface area (Å²) in [6.07, 6.45) is 3.55. The fourth-order valence-electron chi connectivity index (χ4n) is 2.80. The Bertz CT molecular complexity index is 961. The van der Waals surface area contributed by atoms with Gasteiger partial charge in [0.2, 0.25) is 0 Å². The Hall–Kier alpha value is -2.93. The van der Waals surface area contributed by atoms with Crippen molar-refractivity contribution < 1.29 is 9.59 Å². The number of anilines is 1. The molecular weight excluding hydrogens is 420 g/mol. The van der Waals surface area contributed by atoms with Crippen LogP contribution in [0, 0.1) is 0 Å². The van der Waals surface area contributed by atoms with Crippen LogP contribution in [0.2, 0.25) is 0 Å². The van der Waals surface area contributed by atoms with E-state index in [1.54, 1.807) is 52.2 Å². The zero-order chi connectivity index (χ0) is 20.1. The smallest absolute Gasteiger partial charge is 0.255 e. The molecule has 0 radical (unpaired) electrons. The van der Waals surface area contributed by atoms with Crippen LogP contribution in [0.25, 0.3) is 5.69 Å². The second-order valence-corrected chi connectivity index (χ2v) is 7.07. The number of carbonyl (C=O) groups is 2. The average molecular weight is 441 g/mol. The Morgan fingerprint density at radius 3 is 2.14 bits per heavy atom. The summed E-state index contributed by atoms with van der Waals surface area (Å²) < 4.78 is 2.61. The van der Waals surface area contributed by atoms with Crippen molar-refractivity contribution in [1.82, 2.24) is 14.7 Å². The fourth-order valence-corrected chi connectivity index (χ4v) is 3.09. The fraction of sp³-hybridized carbons (Fsp3) is 0.190. The van der Waals surface area contributed by atoms with Crippen LogP contribution in [0.5, 0.6) is 0 Å². The minimum Gasteiger partial charge on any atom is -0.339 e. The van der Waals surface area contributed by atoms with Crippen LogP contribution in [0.1, 0.15) is 34.6 Å². The SMILES string of the molecule is CCN(CC)C(=O)c1ccc(NC(=O)c2ccc(-n3cc(Br)cn3)cc2)cc1. The number of amides is 2. The predicted molar refractivity (Wildman–Crippen MR) is 113 cm³/mol. The van der Waals surface area contributed by atoms with E-state index < -0.39 is 0 Å². The lowest BCUT2D eigenvalue weighted by molar-refractivity contribution is 0.0773. The number of benzene rings is 2. The van der Waals surface area contributed by atoms with E-state index in [1.807, 2.05) is 32.2 Å². The number of hydrogen-bond donors (Lipinski definition) is 1. The van der Waals surface area contributed by atoms with Crippen molar-refractivity contribution in [2.24, 2.45) is 0 Å². The number of nitrogens with zero attached hydrogens (tertiary/aromatic N) is 3. The first-order valence-electron chi connectivity index (χ1n) is 9.03. The molecule has 0 aliphatic rings. The summed E-state index contributed by atoms with van der Waals surface area (Å²) in [5.74, 6) is -0.222. The molecule has 0 aliphatic carbocycles. The molecule has 7 heteroatoms. The molecule has 1 N–H and O–H groups in total. The molecule has 0 fully saturated rings. The van der Waals surface area contributed by atoms with Gasteiger partial charge in [0, 0.05) is 36.1 Å². The maximum Gasteiger partial charge on any atom is 0.255 e. The molecule has 0 bridgehead atoms. The maximum absolute atomic E-state index is 12.5. The Balaban J connectivity index is 1.66. The van der Waals surface area contributed by atoms with Crippen molar-refractivity contribution in [3.63, 3.8) is 0 Å². The van der Waals surface area contributed by atoms with Gasteiger partial charge in [-0.2, -0.15) is 5.10 Å². The molecule has 0 aliphatic heterocycles. The molecule has 0 atom stereocenters. The van der Waals surface area contributed by atoms with Gasteiger partial charge in [0.05, 0.1) is 16.4 Å². The minimum absolute atomic E-state index is 0.0104. The molecule has 3 rings (SSSR count). The highest BCUT2D eigenvalue weighted by Crippen LogP contribution is 2.16. The number of carbonyl (C=O) groups excluding carboxylic acids is 2. The van der Waals surface area contributed by atoms with Crippen LogP contribution in [0.4, 0.5) is 5.69 Å². The van der Waals surface area contributed by atoms with Crippen LogP contribution in [0.3, 0.4) is 0 Å². The van der Waals surface area contributed by atoms with E-state index in [1.165, 1.54) is 0 Å². The third kappa shape index (κ3) is 4.48. The molecule has 6 nitrogen and oxygen atoms in total. The number of hydrogen-bond acceptors (Lipinski definition) is 3. The molecule has 1 heterocycles. The van der Waals surface area contributed by atoms with Crippen molar-refractivity contribution in [2.45, 2.75) is 13.8 Å². The molecule has 0 saturated heterocycles. The van der Waals surface area contributed by atoms with Gasteiger partial charge in [0.25, 0.3) is 11.8 Å². The zero-order valence-electron chi connectivity index (χ0n) is 15.7.